The molecule has 0 saturated carbocycles. The summed E-state index contributed by atoms with van der Waals surface area (Å²) >= 11 is 0. The van der Waals surface area contributed by atoms with Crippen LogP contribution in [0.4, 0.5) is 0 Å². The van der Waals surface area contributed by atoms with Crippen molar-refractivity contribution in [2.24, 2.45) is 0 Å². The molecule has 0 aliphatic carbocycles. The van der Waals surface area contributed by atoms with Crippen molar-refractivity contribution >= 4 is 0 Å². The molecule has 0 aliphatic rings. The van der Waals surface area contributed by atoms with E-state index in [1.807, 2.05) is 24.3 Å². The van der Waals surface area contributed by atoms with Crippen molar-refractivity contribution in [3.05, 3.63) is 55.1 Å². The second-order valence-corrected chi connectivity index (χ2v) is 3.83. The highest BCUT2D eigenvalue weighted by atomic mass is 16.5. The number of hydrogen-bond donors (Lipinski definition) is 0. The van der Waals surface area contributed by atoms with Crippen LogP contribution in [0.1, 0.15) is 5.56 Å². The maximum absolute atomic E-state index is 8.78. The lowest BCUT2D eigenvalue weighted by Gasteiger charge is -2.18. The Morgan fingerprint density at radius 1 is 1.28 bits per heavy atom. The minimum Gasteiger partial charge on any atom is -0.492 e. The van der Waals surface area contributed by atoms with Crippen molar-refractivity contribution in [1.82, 2.24) is 4.90 Å². The van der Waals surface area contributed by atoms with Gasteiger partial charge in [-0.2, -0.15) is 5.26 Å². The van der Waals surface area contributed by atoms with Gasteiger partial charge in [-0.3, -0.25) is 4.90 Å². The van der Waals surface area contributed by atoms with Gasteiger partial charge < -0.3 is 4.74 Å². The van der Waals surface area contributed by atoms with Gasteiger partial charge in [-0.05, 0) is 18.2 Å². The summed E-state index contributed by atoms with van der Waals surface area (Å²) in [6.07, 6.45) is 3.72. The first-order chi connectivity index (χ1) is 8.80. The molecule has 0 aliphatic heterocycles. The number of nitrogens with zero attached hydrogens (tertiary/aromatic N) is 2. The Morgan fingerprint density at radius 3 is 2.61 bits per heavy atom. The Bertz CT molecular complexity index is 424. The van der Waals surface area contributed by atoms with Gasteiger partial charge in [-0.1, -0.05) is 18.2 Å². The summed E-state index contributed by atoms with van der Waals surface area (Å²) in [7, 11) is 0. The second-order valence-electron chi connectivity index (χ2n) is 3.83. The molecule has 0 N–H and O–H groups in total. The van der Waals surface area contributed by atoms with E-state index in [1.165, 1.54) is 0 Å². The van der Waals surface area contributed by atoms with Crippen molar-refractivity contribution in [2.75, 3.05) is 26.2 Å². The van der Waals surface area contributed by atoms with Crippen LogP contribution in [-0.2, 0) is 0 Å². The van der Waals surface area contributed by atoms with Crippen LogP contribution < -0.4 is 4.74 Å². The SMILES string of the molecule is C=CCN(CC=C)CCOc1cccc(C#N)c1. The van der Waals surface area contributed by atoms with Crippen molar-refractivity contribution < 1.29 is 4.74 Å². The summed E-state index contributed by atoms with van der Waals surface area (Å²) in [6, 6.07) is 9.26. The fourth-order valence-corrected chi connectivity index (χ4v) is 1.57. The molecule has 3 heteroatoms. The van der Waals surface area contributed by atoms with Gasteiger partial charge in [-0.25, -0.2) is 0 Å². The maximum Gasteiger partial charge on any atom is 0.120 e. The quantitative estimate of drug-likeness (QED) is 0.657. The number of rotatable bonds is 8. The van der Waals surface area contributed by atoms with Crippen LogP contribution in [0.2, 0.25) is 0 Å². The average molecular weight is 242 g/mol. The first-order valence-electron chi connectivity index (χ1n) is 5.87. The minimum atomic E-state index is 0.580. The Kier molecular flexibility index (Phi) is 6.31. The predicted molar refractivity (Wildman–Crippen MR) is 73.5 cm³/mol. The third kappa shape index (κ3) is 4.86. The second kappa shape index (κ2) is 8.10. The van der Waals surface area contributed by atoms with Crippen LogP contribution in [0.25, 0.3) is 0 Å². The van der Waals surface area contributed by atoms with Crippen molar-refractivity contribution in [3.63, 3.8) is 0 Å². The molecule has 0 unspecified atom stereocenters. The van der Waals surface area contributed by atoms with Crippen molar-refractivity contribution in [1.29, 1.82) is 5.26 Å². The third-order valence-electron chi connectivity index (χ3n) is 2.41. The van der Waals surface area contributed by atoms with E-state index in [2.05, 4.69) is 24.1 Å². The first-order valence-corrected chi connectivity index (χ1v) is 5.87. The van der Waals surface area contributed by atoms with Gasteiger partial charge in [0.05, 0.1) is 11.6 Å². The summed E-state index contributed by atoms with van der Waals surface area (Å²) in [5, 5.41) is 8.78. The molecule has 0 bridgehead atoms. The summed E-state index contributed by atoms with van der Waals surface area (Å²) in [5.74, 6) is 0.728. The van der Waals surface area contributed by atoms with E-state index >= 15 is 0 Å². The van der Waals surface area contributed by atoms with Gasteiger partial charge in [0, 0.05) is 19.6 Å². The summed E-state index contributed by atoms with van der Waals surface area (Å²) in [5.41, 5.74) is 0.613. The fraction of sp³-hybridized carbons (Fsp3) is 0.267. The van der Waals surface area contributed by atoms with Crippen LogP contribution in [0, 0.1) is 11.3 Å². The van der Waals surface area contributed by atoms with Crippen LogP contribution in [-0.4, -0.2) is 31.1 Å². The molecular formula is C15H18N2O. The van der Waals surface area contributed by atoms with Crippen LogP contribution in [0.15, 0.2) is 49.6 Å². The molecule has 0 heterocycles. The molecule has 1 aromatic rings. The molecule has 1 rings (SSSR count). The average Bonchev–Trinajstić information content (AvgIpc) is 2.39. The molecular weight excluding hydrogens is 224 g/mol. The van der Waals surface area contributed by atoms with E-state index in [0.29, 0.717) is 12.2 Å². The van der Waals surface area contributed by atoms with Gasteiger partial charge in [-0.15, -0.1) is 13.2 Å². The van der Waals surface area contributed by atoms with Gasteiger partial charge in [0.25, 0.3) is 0 Å². The zero-order valence-electron chi connectivity index (χ0n) is 10.5. The summed E-state index contributed by atoms with van der Waals surface area (Å²) in [4.78, 5) is 2.17. The zero-order valence-corrected chi connectivity index (χ0v) is 10.5. The molecule has 94 valence electrons. The fourth-order valence-electron chi connectivity index (χ4n) is 1.57. The van der Waals surface area contributed by atoms with Gasteiger partial charge in [0.2, 0.25) is 0 Å². The van der Waals surface area contributed by atoms with Crippen molar-refractivity contribution in [3.8, 4) is 11.8 Å². The number of benzene rings is 1. The lowest BCUT2D eigenvalue weighted by molar-refractivity contribution is 0.236. The number of nitriles is 1. The molecule has 0 spiro atoms. The van der Waals surface area contributed by atoms with E-state index in [0.717, 1.165) is 25.4 Å². The summed E-state index contributed by atoms with van der Waals surface area (Å²) in [6.45, 7) is 10.4. The Morgan fingerprint density at radius 2 is 2.00 bits per heavy atom. The summed E-state index contributed by atoms with van der Waals surface area (Å²) < 4.78 is 5.61. The molecule has 0 saturated heterocycles. The topological polar surface area (TPSA) is 36.3 Å². The largest absolute Gasteiger partial charge is 0.492 e. The monoisotopic (exact) mass is 242 g/mol. The van der Waals surface area contributed by atoms with Crippen LogP contribution in [0.5, 0.6) is 5.75 Å². The van der Waals surface area contributed by atoms with Crippen LogP contribution in [0.3, 0.4) is 0 Å². The van der Waals surface area contributed by atoms with E-state index in [4.69, 9.17) is 10.00 Å². The normalized spacial score (nSPS) is 9.78. The first kappa shape index (κ1) is 14.0. The maximum atomic E-state index is 8.78. The lowest BCUT2D eigenvalue weighted by Crippen LogP contribution is -2.28. The molecule has 0 radical (unpaired) electrons. The molecule has 3 nitrogen and oxygen atoms in total. The Labute approximate surface area is 109 Å². The van der Waals surface area contributed by atoms with E-state index in [1.54, 1.807) is 12.1 Å². The lowest BCUT2D eigenvalue weighted by atomic mass is 10.2. The van der Waals surface area contributed by atoms with E-state index < -0.39 is 0 Å². The molecule has 18 heavy (non-hydrogen) atoms. The third-order valence-corrected chi connectivity index (χ3v) is 2.41. The highest BCUT2D eigenvalue weighted by Gasteiger charge is 2.01. The van der Waals surface area contributed by atoms with E-state index in [9.17, 15) is 0 Å². The van der Waals surface area contributed by atoms with Gasteiger partial charge in [0.15, 0.2) is 0 Å². The Hall–Kier alpha value is -2.05. The molecule has 0 amide bonds. The molecule has 1 aromatic carbocycles. The number of ether oxygens (including phenoxy) is 1. The highest BCUT2D eigenvalue weighted by molar-refractivity contribution is 5.36. The minimum absolute atomic E-state index is 0.580. The van der Waals surface area contributed by atoms with Gasteiger partial charge >= 0.3 is 0 Å². The standard InChI is InChI=1S/C15H18N2O/c1-3-8-17(9-4-2)10-11-18-15-7-5-6-14(12-15)13-16/h3-7,12H,1-2,8-11H2. The highest BCUT2D eigenvalue weighted by Crippen LogP contribution is 2.12. The Balaban J connectivity index is 2.42. The zero-order chi connectivity index (χ0) is 13.2. The smallest absolute Gasteiger partial charge is 0.120 e. The van der Waals surface area contributed by atoms with Crippen molar-refractivity contribution in [2.45, 2.75) is 0 Å². The van der Waals surface area contributed by atoms with Gasteiger partial charge in [0.1, 0.15) is 12.4 Å². The van der Waals surface area contributed by atoms with E-state index in [-0.39, 0.29) is 0 Å². The number of hydrogen-bond acceptors (Lipinski definition) is 3. The molecule has 0 fully saturated rings. The molecule has 0 atom stereocenters. The molecule has 0 aromatic heterocycles. The van der Waals surface area contributed by atoms with Crippen LogP contribution >= 0.6 is 0 Å². The predicted octanol–water partition coefficient (Wildman–Crippen LogP) is 2.61.